The summed E-state index contributed by atoms with van der Waals surface area (Å²) in [6, 6.07) is 14.9. The SMILES string of the molecule is CC(C)NCCN(CC(=O)N(C)N1Cc2ccccc2C1)C(=O)CNc1cccc2c1CCCC2.Cl.Cl. The van der Waals surface area contributed by atoms with Crippen LogP contribution < -0.4 is 10.6 Å². The minimum atomic E-state index is -0.0761. The third-order valence-corrected chi connectivity index (χ3v) is 7.05. The van der Waals surface area contributed by atoms with E-state index in [9.17, 15) is 9.59 Å². The summed E-state index contributed by atoms with van der Waals surface area (Å²) in [5.41, 5.74) is 6.27. The molecule has 204 valence electrons. The Kier molecular flexibility index (Phi) is 12.2. The molecule has 4 rings (SSSR count). The number of nitrogens with one attached hydrogen (secondary N) is 2. The van der Waals surface area contributed by atoms with Gasteiger partial charge in [-0.1, -0.05) is 50.2 Å². The first-order valence-electron chi connectivity index (χ1n) is 12.9. The second-order valence-electron chi connectivity index (χ2n) is 9.94. The summed E-state index contributed by atoms with van der Waals surface area (Å²) >= 11 is 0. The number of halogens is 2. The third-order valence-electron chi connectivity index (χ3n) is 7.05. The first-order chi connectivity index (χ1) is 16.9. The summed E-state index contributed by atoms with van der Waals surface area (Å²) in [6.07, 6.45) is 4.57. The zero-order chi connectivity index (χ0) is 24.8. The Morgan fingerprint density at radius 3 is 2.24 bits per heavy atom. The number of likely N-dealkylation sites (N-methyl/N-ethyl adjacent to an activating group) is 1. The van der Waals surface area contributed by atoms with Crippen molar-refractivity contribution in [3.05, 3.63) is 64.7 Å². The van der Waals surface area contributed by atoms with E-state index in [2.05, 4.69) is 54.8 Å². The number of anilines is 1. The Morgan fingerprint density at radius 1 is 0.919 bits per heavy atom. The average Bonchev–Trinajstić information content (AvgIpc) is 3.30. The van der Waals surface area contributed by atoms with Gasteiger partial charge in [-0.15, -0.1) is 24.8 Å². The lowest BCUT2D eigenvalue weighted by Crippen LogP contribution is -2.49. The molecule has 0 atom stereocenters. The summed E-state index contributed by atoms with van der Waals surface area (Å²) in [7, 11) is 1.80. The van der Waals surface area contributed by atoms with Crippen LogP contribution in [0.5, 0.6) is 0 Å². The van der Waals surface area contributed by atoms with Gasteiger partial charge in [-0.05, 0) is 54.0 Å². The van der Waals surface area contributed by atoms with Crippen molar-refractivity contribution < 1.29 is 9.59 Å². The Balaban J connectivity index is 0.00000241. The van der Waals surface area contributed by atoms with Crippen molar-refractivity contribution in [2.75, 3.05) is 38.5 Å². The van der Waals surface area contributed by atoms with Crippen LogP contribution in [0.25, 0.3) is 0 Å². The number of amides is 2. The van der Waals surface area contributed by atoms with Crippen molar-refractivity contribution >= 4 is 42.3 Å². The van der Waals surface area contributed by atoms with Gasteiger partial charge in [-0.2, -0.15) is 0 Å². The van der Waals surface area contributed by atoms with Crippen LogP contribution in [0.1, 0.15) is 48.9 Å². The Labute approximate surface area is 233 Å². The maximum absolute atomic E-state index is 13.3. The summed E-state index contributed by atoms with van der Waals surface area (Å²) in [6.45, 7) is 6.97. The molecule has 0 saturated carbocycles. The zero-order valence-electron chi connectivity index (χ0n) is 22.2. The van der Waals surface area contributed by atoms with Crippen molar-refractivity contribution in [1.82, 2.24) is 20.2 Å². The fourth-order valence-electron chi connectivity index (χ4n) is 4.96. The second kappa shape index (κ2) is 14.6. The van der Waals surface area contributed by atoms with Crippen LogP contribution in [0.4, 0.5) is 5.69 Å². The van der Waals surface area contributed by atoms with E-state index in [4.69, 9.17) is 0 Å². The van der Waals surface area contributed by atoms with Crippen molar-refractivity contribution in [2.45, 2.75) is 58.7 Å². The van der Waals surface area contributed by atoms with E-state index in [1.807, 2.05) is 17.1 Å². The van der Waals surface area contributed by atoms with Crippen LogP contribution in [0, 0.1) is 0 Å². The molecule has 2 aromatic carbocycles. The molecule has 7 nitrogen and oxygen atoms in total. The van der Waals surface area contributed by atoms with Gasteiger partial charge in [0.25, 0.3) is 5.91 Å². The Hall–Kier alpha value is -2.32. The number of hydrogen-bond acceptors (Lipinski definition) is 5. The van der Waals surface area contributed by atoms with Gasteiger partial charge in [0.2, 0.25) is 5.91 Å². The molecular formula is C28H41Cl2N5O2. The van der Waals surface area contributed by atoms with Gasteiger partial charge < -0.3 is 15.5 Å². The van der Waals surface area contributed by atoms with E-state index in [0.717, 1.165) is 18.5 Å². The molecule has 2 N–H and O–H groups in total. The molecule has 9 heteroatoms. The van der Waals surface area contributed by atoms with Crippen molar-refractivity contribution in [1.29, 1.82) is 0 Å². The van der Waals surface area contributed by atoms with E-state index in [1.54, 1.807) is 17.0 Å². The standard InChI is InChI=1S/C28H39N5O2.2ClH/c1-21(2)29-15-16-32(20-28(35)31(3)33-18-23-10-4-5-11-24(23)19-33)27(34)17-30-26-14-8-12-22-9-6-7-13-25(22)26;;/h4-5,8,10-12,14,21,29-30H,6-7,9,13,15-20H2,1-3H3;2*1H. The summed E-state index contributed by atoms with van der Waals surface area (Å²) in [5, 5.41) is 10.5. The molecule has 0 radical (unpaired) electrons. The number of carbonyl (C=O) groups excluding carboxylic acids is 2. The third kappa shape index (κ3) is 8.08. The maximum Gasteiger partial charge on any atom is 0.256 e. The van der Waals surface area contributed by atoms with Crippen molar-refractivity contribution in [2.24, 2.45) is 0 Å². The minimum Gasteiger partial charge on any atom is -0.376 e. The average molecular weight is 551 g/mol. The number of benzene rings is 2. The molecule has 0 aromatic heterocycles. The maximum atomic E-state index is 13.3. The van der Waals surface area contributed by atoms with Gasteiger partial charge >= 0.3 is 0 Å². The lowest BCUT2D eigenvalue weighted by atomic mass is 9.90. The van der Waals surface area contributed by atoms with Crippen LogP contribution in [0.2, 0.25) is 0 Å². The molecule has 1 aliphatic carbocycles. The van der Waals surface area contributed by atoms with E-state index >= 15 is 0 Å². The second-order valence-corrected chi connectivity index (χ2v) is 9.94. The summed E-state index contributed by atoms with van der Waals surface area (Å²) in [4.78, 5) is 28.2. The quantitative estimate of drug-likeness (QED) is 0.468. The normalized spacial score (nSPS) is 14.2. The number of fused-ring (bicyclic) bond motifs is 2. The van der Waals surface area contributed by atoms with E-state index in [1.165, 1.54) is 35.1 Å². The van der Waals surface area contributed by atoms with Gasteiger partial charge in [0, 0.05) is 45.0 Å². The predicted molar refractivity (Wildman–Crippen MR) is 154 cm³/mol. The molecule has 0 unspecified atom stereocenters. The molecule has 0 fully saturated rings. The molecule has 2 aromatic rings. The molecule has 0 saturated heterocycles. The molecular weight excluding hydrogens is 509 g/mol. The van der Waals surface area contributed by atoms with E-state index in [-0.39, 0.29) is 49.7 Å². The zero-order valence-corrected chi connectivity index (χ0v) is 23.8. The van der Waals surface area contributed by atoms with Crippen LogP contribution in [0.15, 0.2) is 42.5 Å². The van der Waals surface area contributed by atoms with Gasteiger partial charge in [0.15, 0.2) is 0 Å². The highest BCUT2D eigenvalue weighted by molar-refractivity contribution is 5.87. The van der Waals surface area contributed by atoms with Gasteiger partial charge in [0.05, 0.1) is 6.54 Å². The molecule has 0 spiro atoms. The van der Waals surface area contributed by atoms with E-state index in [0.29, 0.717) is 32.2 Å². The molecule has 37 heavy (non-hydrogen) atoms. The smallest absolute Gasteiger partial charge is 0.256 e. The number of aryl methyl sites for hydroxylation is 1. The molecule has 2 amide bonds. The van der Waals surface area contributed by atoms with Gasteiger partial charge in [-0.3, -0.25) is 14.6 Å². The summed E-state index contributed by atoms with van der Waals surface area (Å²) < 4.78 is 0. The highest BCUT2D eigenvalue weighted by atomic mass is 35.5. The van der Waals surface area contributed by atoms with Gasteiger partial charge in [-0.25, -0.2) is 5.01 Å². The lowest BCUT2D eigenvalue weighted by molar-refractivity contribution is -0.151. The highest BCUT2D eigenvalue weighted by Gasteiger charge is 2.27. The van der Waals surface area contributed by atoms with Crippen LogP contribution >= 0.6 is 24.8 Å². The topological polar surface area (TPSA) is 67.9 Å². The number of rotatable bonds is 10. The number of hydrazine groups is 1. The summed E-state index contributed by atoms with van der Waals surface area (Å²) in [5.74, 6) is -0.136. The van der Waals surface area contributed by atoms with Crippen molar-refractivity contribution in [3.63, 3.8) is 0 Å². The number of carbonyl (C=O) groups is 2. The molecule has 0 bridgehead atoms. The van der Waals surface area contributed by atoms with Crippen LogP contribution in [-0.2, 0) is 35.5 Å². The van der Waals surface area contributed by atoms with Crippen LogP contribution in [-0.4, -0.2) is 66.0 Å². The lowest BCUT2D eigenvalue weighted by Gasteiger charge is -2.31. The Morgan fingerprint density at radius 2 is 1.57 bits per heavy atom. The largest absolute Gasteiger partial charge is 0.376 e. The number of nitrogens with zero attached hydrogens (tertiary/aromatic N) is 3. The van der Waals surface area contributed by atoms with E-state index < -0.39 is 0 Å². The van der Waals surface area contributed by atoms with Crippen LogP contribution in [0.3, 0.4) is 0 Å². The van der Waals surface area contributed by atoms with Crippen molar-refractivity contribution in [3.8, 4) is 0 Å². The highest BCUT2D eigenvalue weighted by Crippen LogP contribution is 2.28. The Bertz CT molecular complexity index is 1020. The fraction of sp³-hybridized carbons (Fsp3) is 0.500. The minimum absolute atomic E-state index is 0. The monoisotopic (exact) mass is 549 g/mol. The molecule has 1 aliphatic heterocycles. The molecule has 1 heterocycles. The first kappa shape index (κ1) is 30.9. The predicted octanol–water partition coefficient (Wildman–Crippen LogP) is 4.04. The number of hydrogen-bond donors (Lipinski definition) is 2. The fourth-order valence-corrected chi connectivity index (χ4v) is 4.96. The molecule has 2 aliphatic rings. The first-order valence-corrected chi connectivity index (χ1v) is 12.9. The van der Waals surface area contributed by atoms with Gasteiger partial charge in [0.1, 0.15) is 6.54 Å².